The van der Waals surface area contributed by atoms with Crippen molar-refractivity contribution in [2.75, 3.05) is 6.54 Å². The highest BCUT2D eigenvalue weighted by molar-refractivity contribution is 6.03. The largest absolute Gasteiger partial charge is 0.293 e. The molecule has 0 bridgehead atoms. The Labute approximate surface area is 106 Å². The number of piperazine rings is 1. The first kappa shape index (κ1) is 11.4. The summed E-state index contributed by atoms with van der Waals surface area (Å²) in [6, 6.07) is 9.24. The summed E-state index contributed by atoms with van der Waals surface area (Å²) in [4.78, 5) is 26.0. The Bertz CT molecular complexity index is 472. The second-order valence-corrected chi connectivity index (χ2v) is 4.92. The van der Waals surface area contributed by atoms with Crippen molar-refractivity contribution < 1.29 is 9.59 Å². The first-order valence-corrected chi connectivity index (χ1v) is 6.43. The Morgan fingerprint density at radius 1 is 1.06 bits per heavy atom. The Morgan fingerprint density at radius 2 is 1.83 bits per heavy atom. The molecule has 0 saturated carbocycles. The van der Waals surface area contributed by atoms with Gasteiger partial charge in [0.05, 0.1) is 6.04 Å². The van der Waals surface area contributed by atoms with Crippen LogP contribution < -0.4 is 5.32 Å². The minimum atomic E-state index is -0.311. The number of hydrogen-bond donors (Lipinski definition) is 1. The molecule has 0 aliphatic carbocycles. The summed E-state index contributed by atoms with van der Waals surface area (Å²) >= 11 is 0. The van der Waals surface area contributed by atoms with Gasteiger partial charge in [-0.2, -0.15) is 0 Å². The van der Waals surface area contributed by atoms with Crippen molar-refractivity contribution >= 4 is 11.8 Å². The summed E-state index contributed by atoms with van der Waals surface area (Å²) in [5, 5.41) is 2.51. The molecule has 0 unspecified atom stereocenters. The second-order valence-electron chi connectivity index (χ2n) is 4.92. The highest BCUT2D eigenvalue weighted by atomic mass is 16.2. The molecule has 1 aromatic rings. The van der Waals surface area contributed by atoms with Gasteiger partial charge in [0, 0.05) is 6.54 Å². The molecular weight excluding hydrogens is 228 g/mol. The van der Waals surface area contributed by atoms with Crippen LogP contribution in [0.2, 0.25) is 0 Å². The molecule has 4 nitrogen and oxygen atoms in total. The van der Waals surface area contributed by atoms with Crippen LogP contribution in [0.1, 0.15) is 30.9 Å². The number of benzene rings is 1. The maximum absolute atomic E-state index is 12.1. The van der Waals surface area contributed by atoms with Gasteiger partial charge < -0.3 is 0 Å². The van der Waals surface area contributed by atoms with E-state index in [0.717, 1.165) is 31.4 Å². The van der Waals surface area contributed by atoms with Crippen molar-refractivity contribution in [3.8, 4) is 0 Å². The molecule has 3 rings (SSSR count). The summed E-state index contributed by atoms with van der Waals surface area (Å²) < 4.78 is 0. The van der Waals surface area contributed by atoms with Gasteiger partial charge in [-0.3, -0.25) is 19.8 Å². The average Bonchev–Trinajstić information content (AvgIpc) is 2.40. The van der Waals surface area contributed by atoms with E-state index in [4.69, 9.17) is 0 Å². The van der Waals surface area contributed by atoms with Gasteiger partial charge in [-0.25, -0.2) is 0 Å². The number of nitrogens with one attached hydrogen (secondary N) is 1. The minimum Gasteiger partial charge on any atom is -0.293 e. The van der Waals surface area contributed by atoms with E-state index in [2.05, 4.69) is 10.2 Å². The summed E-state index contributed by atoms with van der Waals surface area (Å²) in [5.41, 5.74) is 0.967. The van der Waals surface area contributed by atoms with Gasteiger partial charge in [-0.05, 0) is 18.4 Å². The molecule has 18 heavy (non-hydrogen) atoms. The van der Waals surface area contributed by atoms with Crippen molar-refractivity contribution in [1.29, 1.82) is 0 Å². The van der Waals surface area contributed by atoms with Crippen LogP contribution >= 0.6 is 0 Å². The van der Waals surface area contributed by atoms with Crippen LogP contribution in [0.15, 0.2) is 30.3 Å². The first-order valence-electron chi connectivity index (χ1n) is 6.43. The number of carbonyl (C=O) groups excluding carboxylic acids is 2. The molecule has 1 aromatic carbocycles. The van der Waals surface area contributed by atoms with E-state index in [1.54, 1.807) is 0 Å². The maximum atomic E-state index is 12.1. The quantitative estimate of drug-likeness (QED) is 0.756. The van der Waals surface area contributed by atoms with Crippen LogP contribution in [0.4, 0.5) is 0 Å². The summed E-state index contributed by atoms with van der Waals surface area (Å²) in [6.45, 7) is 0.823. The highest BCUT2D eigenvalue weighted by Crippen LogP contribution is 2.31. The van der Waals surface area contributed by atoms with E-state index in [-0.39, 0.29) is 23.9 Å². The lowest BCUT2D eigenvalue weighted by Gasteiger charge is -2.43. The molecule has 4 heteroatoms. The summed E-state index contributed by atoms with van der Waals surface area (Å²) in [5.74, 6) is -0.323. The Morgan fingerprint density at radius 3 is 2.61 bits per heavy atom. The molecule has 0 aromatic heterocycles. The van der Waals surface area contributed by atoms with Crippen molar-refractivity contribution in [3.05, 3.63) is 35.9 Å². The molecule has 0 spiro atoms. The standard InChI is InChI=1S/C14H16N2O2/c17-13-11-8-4-5-9-16(11)12(14(18)15-13)10-6-2-1-3-7-10/h1-3,6-7,11-12H,4-5,8-9H2,(H,15,17,18)/t11-,12-/m1/s1. The molecule has 2 atom stereocenters. The van der Waals surface area contributed by atoms with Crippen LogP contribution in [0.5, 0.6) is 0 Å². The van der Waals surface area contributed by atoms with Crippen LogP contribution in [0.25, 0.3) is 0 Å². The lowest BCUT2D eigenvalue weighted by molar-refractivity contribution is -0.146. The molecule has 2 heterocycles. The molecule has 2 saturated heterocycles. The number of rotatable bonds is 1. The zero-order valence-corrected chi connectivity index (χ0v) is 10.1. The third kappa shape index (κ3) is 1.82. The fraction of sp³-hybridized carbons (Fsp3) is 0.429. The van der Waals surface area contributed by atoms with Gasteiger partial charge in [0.15, 0.2) is 0 Å². The van der Waals surface area contributed by atoms with E-state index in [0.29, 0.717) is 0 Å². The molecule has 2 aliphatic heterocycles. The topological polar surface area (TPSA) is 49.4 Å². The third-order valence-electron chi connectivity index (χ3n) is 3.79. The van der Waals surface area contributed by atoms with Gasteiger partial charge in [-0.15, -0.1) is 0 Å². The lowest BCUT2D eigenvalue weighted by Crippen LogP contribution is -2.60. The number of nitrogens with zero attached hydrogens (tertiary/aromatic N) is 1. The third-order valence-corrected chi connectivity index (χ3v) is 3.79. The zero-order valence-electron chi connectivity index (χ0n) is 10.1. The second kappa shape index (κ2) is 4.53. The number of carbonyl (C=O) groups is 2. The summed E-state index contributed by atoms with van der Waals surface area (Å²) in [7, 11) is 0. The fourth-order valence-electron chi connectivity index (χ4n) is 2.95. The monoisotopic (exact) mass is 244 g/mol. The molecule has 1 N–H and O–H groups in total. The zero-order chi connectivity index (χ0) is 12.5. The molecule has 94 valence electrons. The predicted molar refractivity (Wildman–Crippen MR) is 66.7 cm³/mol. The van der Waals surface area contributed by atoms with Crippen LogP contribution in [-0.2, 0) is 9.59 Å². The fourth-order valence-corrected chi connectivity index (χ4v) is 2.95. The maximum Gasteiger partial charge on any atom is 0.248 e. The molecular formula is C14H16N2O2. The number of fused-ring (bicyclic) bond motifs is 1. The first-order chi connectivity index (χ1) is 8.77. The number of piperidine rings is 1. The van der Waals surface area contributed by atoms with Gasteiger partial charge >= 0.3 is 0 Å². The van der Waals surface area contributed by atoms with Gasteiger partial charge in [0.1, 0.15) is 6.04 Å². The number of amides is 2. The van der Waals surface area contributed by atoms with E-state index in [1.165, 1.54) is 0 Å². The molecule has 2 fully saturated rings. The van der Waals surface area contributed by atoms with Gasteiger partial charge in [0.2, 0.25) is 11.8 Å². The Hall–Kier alpha value is -1.68. The molecule has 2 amide bonds. The van der Waals surface area contributed by atoms with Gasteiger partial charge in [0.25, 0.3) is 0 Å². The lowest BCUT2D eigenvalue weighted by atomic mass is 9.92. The Kier molecular flexibility index (Phi) is 2.88. The smallest absolute Gasteiger partial charge is 0.248 e. The minimum absolute atomic E-state index is 0.133. The molecule has 2 aliphatic rings. The van der Waals surface area contributed by atoms with E-state index < -0.39 is 0 Å². The normalized spacial score (nSPS) is 28.7. The number of hydrogen-bond acceptors (Lipinski definition) is 3. The van der Waals surface area contributed by atoms with E-state index >= 15 is 0 Å². The SMILES string of the molecule is O=C1NC(=O)[C@@H](c2ccccc2)N2CCCC[C@H]12. The van der Waals surface area contributed by atoms with Crippen molar-refractivity contribution in [1.82, 2.24) is 10.2 Å². The number of imide groups is 1. The Balaban J connectivity index is 1.96. The highest BCUT2D eigenvalue weighted by Gasteiger charge is 2.42. The predicted octanol–water partition coefficient (Wildman–Crippen LogP) is 1.24. The van der Waals surface area contributed by atoms with Crippen molar-refractivity contribution in [2.45, 2.75) is 31.3 Å². The van der Waals surface area contributed by atoms with Gasteiger partial charge in [-0.1, -0.05) is 36.8 Å². The van der Waals surface area contributed by atoms with Crippen LogP contribution in [0.3, 0.4) is 0 Å². The van der Waals surface area contributed by atoms with E-state index in [9.17, 15) is 9.59 Å². The summed E-state index contributed by atoms with van der Waals surface area (Å²) in [6.07, 6.45) is 2.97. The van der Waals surface area contributed by atoms with E-state index in [1.807, 2.05) is 30.3 Å². The van der Waals surface area contributed by atoms with Crippen molar-refractivity contribution in [2.24, 2.45) is 0 Å². The van der Waals surface area contributed by atoms with Crippen molar-refractivity contribution in [3.63, 3.8) is 0 Å². The average molecular weight is 244 g/mol. The molecule has 0 radical (unpaired) electrons. The van der Waals surface area contributed by atoms with Crippen LogP contribution in [0, 0.1) is 0 Å². The van der Waals surface area contributed by atoms with Crippen LogP contribution in [-0.4, -0.2) is 29.3 Å².